The van der Waals surface area contributed by atoms with Gasteiger partial charge in [-0.25, -0.2) is 0 Å². The average molecular weight is 566 g/mol. The molecule has 0 spiro atoms. The number of hydrogen-bond acceptors (Lipinski definition) is 3. The van der Waals surface area contributed by atoms with Gasteiger partial charge in [0.05, 0.1) is 0 Å². The van der Waals surface area contributed by atoms with E-state index in [4.69, 9.17) is 14.7 Å². The van der Waals surface area contributed by atoms with E-state index in [1.807, 2.05) is 30.3 Å². The van der Waals surface area contributed by atoms with E-state index in [0.717, 1.165) is 26.9 Å². The van der Waals surface area contributed by atoms with Crippen LogP contribution >= 0.6 is 7.26 Å². The van der Waals surface area contributed by atoms with Crippen LogP contribution in [0.15, 0.2) is 158 Å². The average Bonchev–Trinajstić information content (AvgIpc) is 3.04. The van der Waals surface area contributed by atoms with E-state index < -0.39 is 14.6 Å². The summed E-state index contributed by atoms with van der Waals surface area (Å²) in [6.07, 6.45) is 0. The molecule has 0 aliphatic carbocycles. The second kappa shape index (κ2) is 12.2. The van der Waals surface area contributed by atoms with Crippen molar-refractivity contribution in [2.24, 2.45) is 0 Å². The van der Waals surface area contributed by atoms with Gasteiger partial charge in [0.2, 0.25) is 0 Å². The minimum absolute atomic E-state index is 0.466. The zero-order valence-electron chi connectivity index (χ0n) is 23.4. The summed E-state index contributed by atoms with van der Waals surface area (Å²) in [5, 5.41) is 29.0. The van der Waals surface area contributed by atoms with Gasteiger partial charge in [0.1, 0.15) is 5.75 Å². The predicted molar refractivity (Wildman–Crippen MR) is 182 cm³/mol. The van der Waals surface area contributed by atoms with Gasteiger partial charge in [0.15, 0.2) is 0 Å². The molecule has 0 aromatic heterocycles. The van der Waals surface area contributed by atoms with E-state index in [1.54, 1.807) is 6.07 Å². The molecule has 3 nitrogen and oxygen atoms in total. The topological polar surface area (TPSA) is 49.7 Å². The van der Waals surface area contributed by atoms with E-state index in [9.17, 15) is 0 Å². The molecular weight excluding hydrogens is 534 g/mol. The van der Waals surface area contributed by atoms with Crippen LogP contribution in [0.5, 0.6) is 5.75 Å². The van der Waals surface area contributed by atoms with Crippen LogP contribution in [0.25, 0.3) is 32.3 Å². The van der Waals surface area contributed by atoms with Crippen molar-refractivity contribution in [3.05, 3.63) is 158 Å². The Morgan fingerprint density at radius 2 is 0.929 bits per heavy atom. The second-order valence-corrected chi connectivity index (χ2v) is 14.5. The Morgan fingerprint density at radius 3 is 1.45 bits per heavy atom. The van der Waals surface area contributed by atoms with Crippen molar-refractivity contribution in [2.45, 2.75) is 0 Å². The maximum atomic E-state index is 9.14. The van der Waals surface area contributed by atoms with Gasteiger partial charge in [-0.1, -0.05) is 48.5 Å². The van der Waals surface area contributed by atoms with Gasteiger partial charge >= 0.3 is 128 Å². The zero-order chi connectivity index (χ0) is 28.9. The first kappa shape index (κ1) is 27.7. The largest absolute Gasteiger partial charge is 0.707 e. The van der Waals surface area contributed by atoms with Gasteiger partial charge in [-0.3, -0.25) is 0 Å². The van der Waals surface area contributed by atoms with Crippen molar-refractivity contribution in [2.75, 3.05) is 6.66 Å². The van der Waals surface area contributed by atoms with Gasteiger partial charge in [-0.05, 0) is 45.1 Å². The molecule has 0 radical (unpaired) electrons. The molecule has 0 unspecified atom stereocenters. The van der Waals surface area contributed by atoms with Crippen LogP contribution in [0, 0.1) is 0 Å². The predicted octanol–water partition coefficient (Wildman–Crippen LogP) is 6.84. The first-order valence-corrected chi connectivity index (χ1v) is 16.6. The smallest absolute Gasteiger partial charge is 0.511 e. The van der Waals surface area contributed by atoms with E-state index in [2.05, 4.69) is 128 Å². The van der Waals surface area contributed by atoms with Crippen LogP contribution in [0.2, 0.25) is 0 Å². The van der Waals surface area contributed by atoms with E-state index in [1.165, 1.54) is 21.3 Å². The van der Waals surface area contributed by atoms with Crippen molar-refractivity contribution >= 4 is 62.8 Å². The van der Waals surface area contributed by atoms with Crippen molar-refractivity contribution in [1.82, 2.24) is 0 Å². The molecule has 2 N–H and O–H groups in total. The minimum Gasteiger partial charge on any atom is -0.511 e. The summed E-state index contributed by atoms with van der Waals surface area (Å²) in [6, 6.07) is 54.9. The van der Waals surface area contributed by atoms with Gasteiger partial charge in [0, 0.05) is 5.39 Å². The minimum atomic E-state index is -1.88. The summed E-state index contributed by atoms with van der Waals surface area (Å²) in [4.78, 5) is 0. The third kappa shape index (κ3) is 5.53. The van der Waals surface area contributed by atoms with Crippen LogP contribution in [0.3, 0.4) is 0 Å². The number of fused-ring (bicyclic) bond motifs is 4. The van der Waals surface area contributed by atoms with E-state index >= 15 is 0 Å². The van der Waals surface area contributed by atoms with Crippen molar-refractivity contribution < 1.29 is 14.7 Å². The fourth-order valence-electron chi connectivity index (χ4n) is 5.79. The van der Waals surface area contributed by atoms with Gasteiger partial charge in [-0.2, -0.15) is 0 Å². The maximum Gasteiger partial charge on any atom is 0.707 e. The molecule has 0 bridgehead atoms. The Kier molecular flexibility index (Phi) is 8.03. The summed E-state index contributed by atoms with van der Waals surface area (Å²) >= 11 is 0. The molecule has 206 valence electrons. The van der Waals surface area contributed by atoms with Crippen LogP contribution in [0.4, 0.5) is 0 Å². The number of benzene rings is 7. The molecule has 0 amide bonds. The molecule has 0 saturated carbocycles. The van der Waals surface area contributed by atoms with Gasteiger partial charge in [0.25, 0.3) is 0 Å². The first-order valence-electron chi connectivity index (χ1n) is 14.1. The Morgan fingerprint density at radius 1 is 0.476 bits per heavy atom. The van der Waals surface area contributed by atoms with Crippen molar-refractivity contribution in [1.29, 1.82) is 0 Å². The Hall–Kier alpha value is -4.47. The molecule has 0 atom stereocenters. The SMILES string of the molecule is C[PH](c1ccccc1)(c1ccccc1)c1ccccc1.OB(O)Oc1cccc2ccc3cc4ccccc4cc3c12. The van der Waals surface area contributed by atoms with Crippen molar-refractivity contribution in [3.63, 3.8) is 0 Å². The molecule has 0 saturated heterocycles. The van der Waals surface area contributed by atoms with Crippen LogP contribution in [-0.4, -0.2) is 24.0 Å². The molecule has 7 aromatic carbocycles. The Bertz CT molecular complexity index is 1850. The van der Waals surface area contributed by atoms with E-state index in [0.29, 0.717) is 5.75 Å². The van der Waals surface area contributed by atoms with Gasteiger partial charge < -0.3 is 14.7 Å². The number of rotatable bonds is 5. The van der Waals surface area contributed by atoms with Crippen molar-refractivity contribution in [3.8, 4) is 5.75 Å². The van der Waals surface area contributed by atoms with Crippen LogP contribution < -0.4 is 20.6 Å². The number of hydrogen-bond donors (Lipinski definition) is 2. The maximum absolute atomic E-state index is 9.14. The molecule has 0 heterocycles. The molecule has 5 heteroatoms. The molecule has 0 aliphatic rings. The zero-order valence-corrected chi connectivity index (χ0v) is 24.4. The summed E-state index contributed by atoms with van der Waals surface area (Å²) in [7, 11) is -3.71. The first-order chi connectivity index (χ1) is 20.5. The Balaban J connectivity index is 0.000000151. The molecule has 0 aliphatic heterocycles. The third-order valence-electron chi connectivity index (χ3n) is 7.97. The van der Waals surface area contributed by atoms with Crippen LogP contribution in [-0.2, 0) is 0 Å². The Labute approximate surface area is 247 Å². The summed E-state index contributed by atoms with van der Waals surface area (Å²) in [5.41, 5.74) is 0. The summed E-state index contributed by atoms with van der Waals surface area (Å²) in [5.74, 6) is 0.466. The molecule has 0 fully saturated rings. The molecule has 42 heavy (non-hydrogen) atoms. The normalized spacial score (nSPS) is 11.6. The third-order valence-corrected chi connectivity index (χ3v) is 12.4. The monoisotopic (exact) mass is 566 g/mol. The summed E-state index contributed by atoms with van der Waals surface area (Å²) in [6.45, 7) is 2.44. The molecular formula is C37H32BO3P. The van der Waals surface area contributed by atoms with Gasteiger partial charge in [-0.15, -0.1) is 0 Å². The van der Waals surface area contributed by atoms with Crippen LogP contribution in [0.1, 0.15) is 0 Å². The quantitative estimate of drug-likeness (QED) is 0.104. The fourth-order valence-corrected chi connectivity index (χ4v) is 9.37. The standard InChI is InChI=1S/C19H19P.C18H13BO3/c1-20(17-11-5-2-6-12-17,18-13-7-3-8-14-18)19-15-9-4-10-16-19;20-19(21)22-17-7-3-6-12-8-9-15-10-13-4-1-2-5-14(13)11-16(15)18(12)17/h2-16,20H,1H3;1-11,20-21H. The molecule has 7 aromatic rings. The summed E-state index contributed by atoms with van der Waals surface area (Å²) < 4.78 is 5.16. The second-order valence-electron chi connectivity index (χ2n) is 10.5. The fraction of sp³-hybridized carbons (Fsp3) is 0.0270. The van der Waals surface area contributed by atoms with E-state index in [-0.39, 0.29) is 0 Å². The molecule has 7 rings (SSSR count).